The molecule has 0 aromatic carbocycles. The van der Waals surface area contributed by atoms with Crippen LogP contribution in [0.3, 0.4) is 0 Å². The van der Waals surface area contributed by atoms with Gasteiger partial charge in [0.05, 0.1) is 0 Å². The third-order valence-corrected chi connectivity index (χ3v) is 1.80. The summed E-state index contributed by atoms with van der Waals surface area (Å²) < 4.78 is 4.82. The topological polar surface area (TPSA) is 55.7 Å². The second kappa shape index (κ2) is 5.67. The Morgan fingerprint density at radius 1 is 1.46 bits per heavy atom. The molecule has 1 unspecified atom stereocenters. The Labute approximate surface area is 78.6 Å². The summed E-state index contributed by atoms with van der Waals surface area (Å²) >= 11 is 0. The van der Waals surface area contributed by atoms with E-state index in [-0.39, 0.29) is 0 Å². The van der Waals surface area contributed by atoms with Crippen molar-refractivity contribution in [3.8, 4) is 0 Å². The van der Waals surface area contributed by atoms with Gasteiger partial charge in [-0.2, -0.15) is 0 Å². The Balaban J connectivity index is 3.96. The predicted octanol–water partition coefficient (Wildman–Crippen LogP) is 2.61. The number of carbonyl (C=O) groups is 1. The third kappa shape index (κ3) is 5.33. The van der Waals surface area contributed by atoms with Crippen molar-refractivity contribution in [3.63, 3.8) is 0 Å². The Kier molecular flexibility index (Phi) is 5.26. The highest BCUT2D eigenvalue weighted by molar-refractivity contribution is 5.66. The molecule has 1 atom stereocenters. The smallest absolute Gasteiger partial charge is 0.304 e. The van der Waals surface area contributed by atoms with Crippen molar-refractivity contribution in [3.05, 3.63) is 4.91 Å². The van der Waals surface area contributed by atoms with Crippen molar-refractivity contribution < 1.29 is 9.53 Å². The van der Waals surface area contributed by atoms with Gasteiger partial charge in [0.25, 0.3) is 0 Å². The van der Waals surface area contributed by atoms with Crippen LogP contribution in [0.4, 0.5) is 0 Å². The predicted molar refractivity (Wildman–Crippen MR) is 50.1 cm³/mol. The minimum atomic E-state index is -1.17. The van der Waals surface area contributed by atoms with E-state index in [0.29, 0.717) is 6.42 Å². The summed E-state index contributed by atoms with van der Waals surface area (Å²) in [5.74, 6) is -0.460. The van der Waals surface area contributed by atoms with Gasteiger partial charge in [-0.1, -0.05) is 19.8 Å². The summed E-state index contributed by atoms with van der Waals surface area (Å²) in [4.78, 5) is 21.1. The number of unbranched alkanes of at least 4 members (excludes halogenated alkanes) is 2. The van der Waals surface area contributed by atoms with Crippen LogP contribution in [0, 0.1) is 4.91 Å². The van der Waals surface area contributed by atoms with Crippen molar-refractivity contribution in [2.75, 3.05) is 0 Å². The molecule has 76 valence electrons. The normalized spacial score (nSPS) is 14.7. The maximum absolute atomic E-state index is 10.6. The van der Waals surface area contributed by atoms with Gasteiger partial charge in [0.2, 0.25) is 5.72 Å². The van der Waals surface area contributed by atoms with E-state index in [4.69, 9.17) is 4.74 Å². The molecule has 0 heterocycles. The Morgan fingerprint density at radius 3 is 2.46 bits per heavy atom. The number of hydrogen-bond acceptors (Lipinski definition) is 4. The van der Waals surface area contributed by atoms with E-state index in [1.807, 2.05) is 0 Å². The van der Waals surface area contributed by atoms with E-state index in [2.05, 4.69) is 12.1 Å². The van der Waals surface area contributed by atoms with Gasteiger partial charge >= 0.3 is 5.97 Å². The lowest BCUT2D eigenvalue weighted by Gasteiger charge is -2.20. The molecule has 0 aromatic rings. The van der Waals surface area contributed by atoms with Crippen LogP contribution >= 0.6 is 0 Å². The zero-order valence-corrected chi connectivity index (χ0v) is 8.50. The summed E-state index contributed by atoms with van der Waals surface area (Å²) in [5, 5.41) is 2.84. The van der Waals surface area contributed by atoms with Crippen LogP contribution in [-0.4, -0.2) is 11.7 Å². The van der Waals surface area contributed by atoms with Gasteiger partial charge in [-0.15, -0.1) is 4.91 Å². The second-order valence-electron chi connectivity index (χ2n) is 3.32. The fourth-order valence-corrected chi connectivity index (χ4v) is 1.13. The third-order valence-electron chi connectivity index (χ3n) is 1.80. The summed E-state index contributed by atoms with van der Waals surface area (Å²) in [5.41, 5.74) is -1.17. The molecule has 0 saturated heterocycles. The molecule has 4 nitrogen and oxygen atoms in total. The SMILES string of the molecule is CCCCCC(C)(N=O)OC(C)=O. The van der Waals surface area contributed by atoms with E-state index in [1.165, 1.54) is 13.8 Å². The minimum absolute atomic E-state index is 0.460. The molecule has 0 aliphatic carbocycles. The number of nitrogens with zero attached hydrogens (tertiary/aromatic N) is 1. The van der Waals surface area contributed by atoms with E-state index >= 15 is 0 Å². The molecule has 0 radical (unpaired) electrons. The molecule has 4 heteroatoms. The largest absolute Gasteiger partial charge is 0.434 e. The van der Waals surface area contributed by atoms with Gasteiger partial charge in [0, 0.05) is 13.3 Å². The van der Waals surface area contributed by atoms with Crippen LogP contribution in [0.25, 0.3) is 0 Å². The van der Waals surface area contributed by atoms with Crippen LogP contribution < -0.4 is 0 Å². The van der Waals surface area contributed by atoms with E-state index in [1.54, 1.807) is 0 Å². The Bertz CT molecular complexity index is 182. The highest BCUT2D eigenvalue weighted by Crippen LogP contribution is 2.20. The molecule has 0 aliphatic heterocycles. The lowest BCUT2D eigenvalue weighted by atomic mass is 10.1. The van der Waals surface area contributed by atoms with E-state index in [9.17, 15) is 9.70 Å². The molecule has 0 rings (SSSR count). The van der Waals surface area contributed by atoms with Gasteiger partial charge in [-0.3, -0.25) is 4.79 Å². The standard InChI is InChI=1S/C9H17NO3/c1-4-5-6-7-9(3,10-12)13-8(2)11/h4-7H2,1-3H3. The van der Waals surface area contributed by atoms with E-state index < -0.39 is 11.7 Å². The average Bonchev–Trinajstić information content (AvgIpc) is 2.04. The molecule has 0 N–H and O–H groups in total. The Hall–Kier alpha value is -0.930. The van der Waals surface area contributed by atoms with Crippen molar-refractivity contribution in [2.24, 2.45) is 5.18 Å². The zero-order valence-electron chi connectivity index (χ0n) is 8.50. The first kappa shape index (κ1) is 12.1. The zero-order chi connectivity index (χ0) is 10.3. The van der Waals surface area contributed by atoms with Gasteiger partial charge in [-0.25, -0.2) is 0 Å². The number of nitroso groups, excluding NO2 is 1. The van der Waals surface area contributed by atoms with Crippen molar-refractivity contribution in [1.82, 2.24) is 0 Å². The first-order valence-electron chi connectivity index (χ1n) is 4.58. The molecule has 0 aromatic heterocycles. The van der Waals surface area contributed by atoms with Gasteiger partial charge in [0.1, 0.15) is 0 Å². The number of carbonyl (C=O) groups excluding carboxylic acids is 1. The fraction of sp³-hybridized carbons (Fsp3) is 0.889. The lowest BCUT2D eigenvalue weighted by molar-refractivity contribution is -0.155. The number of rotatable bonds is 6. The van der Waals surface area contributed by atoms with Crippen LogP contribution in [0.2, 0.25) is 0 Å². The monoisotopic (exact) mass is 187 g/mol. The second-order valence-corrected chi connectivity index (χ2v) is 3.32. The summed E-state index contributed by atoms with van der Waals surface area (Å²) in [7, 11) is 0. The first-order chi connectivity index (χ1) is 6.04. The quantitative estimate of drug-likeness (QED) is 0.365. The highest BCUT2D eigenvalue weighted by Gasteiger charge is 2.27. The van der Waals surface area contributed by atoms with Crippen LogP contribution in [0.15, 0.2) is 5.18 Å². The molecule has 0 aliphatic rings. The van der Waals surface area contributed by atoms with Gasteiger partial charge in [-0.05, 0) is 18.5 Å². The van der Waals surface area contributed by atoms with Crippen LogP contribution in [-0.2, 0) is 9.53 Å². The summed E-state index contributed by atoms with van der Waals surface area (Å²) in [6.07, 6.45) is 3.44. The van der Waals surface area contributed by atoms with Crippen molar-refractivity contribution in [1.29, 1.82) is 0 Å². The molecule has 0 spiro atoms. The van der Waals surface area contributed by atoms with Gasteiger partial charge in [0.15, 0.2) is 0 Å². The number of esters is 1. The number of ether oxygens (including phenoxy) is 1. The molecule has 0 amide bonds. The molecule has 0 saturated carbocycles. The fourth-order valence-electron chi connectivity index (χ4n) is 1.13. The lowest BCUT2D eigenvalue weighted by Crippen LogP contribution is -2.27. The molecular weight excluding hydrogens is 170 g/mol. The van der Waals surface area contributed by atoms with Crippen molar-refractivity contribution in [2.45, 2.75) is 52.2 Å². The molecule has 0 fully saturated rings. The van der Waals surface area contributed by atoms with Crippen molar-refractivity contribution >= 4 is 5.97 Å². The average molecular weight is 187 g/mol. The Morgan fingerprint density at radius 2 is 2.08 bits per heavy atom. The molecular formula is C9H17NO3. The maximum atomic E-state index is 10.6. The number of hydrogen-bond donors (Lipinski definition) is 0. The maximum Gasteiger partial charge on any atom is 0.304 e. The summed E-state index contributed by atoms with van der Waals surface area (Å²) in [6.45, 7) is 4.89. The first-order valence-corrected chi connectivity index (χ1v) is 4.58. The summed E-state index contributed by atoms with van der Waals surface area (Å²) in [6, 6.07) is 0. The van der Waals surface area contributed by atoms with E-state index in [0.717, 1.165) is 19.3 Å². The molecule has 0 bridgehead atoms. The van der Waals surface area contributed by atoms with Crippen LogP contribution in [0.5, 0.6) is 0 Å². The van der Waals surface area contributed by atoms with Crippen LogP contribution in [0.1, 0.15) is 46.5 Å². The molecule has 13 heavy (non-hydrogen) atoms. The highest BCUT2D eigenvalue weighted by atomic mass is 16.6. The minimum Gasteiger partial charge on any atom is -0.434 e. The van der Waals surface area contributed by atoms with Gasteiger partial charge < -0.3 is 4.74 Å².